The second-order valence-corrected chi connectivity index (χ2v) is 2.80. The SMILES string of the molecule is CC(=O)CCC1NC1C. The first kappa shape index (κ1) is 6.75. The minimum atomic E-state index is 0.302. The summed E-state index contributed by atoms with van der Waals surface area (Å²) in [6.45, 7) is 3.79. The molecule has 1 saturated heterocycles. The third-order valence-electron chi connectivity index (χ3n) is 1.78. The van der Waals surface area contributed by atoms with E-state index in [1.54, 1.807) is 6.92 Å². The number of carbonyl (C=O) groups excluding carboxylic acids is 1. The van der Waals surface area contributed by atoms with E-state index in [0.29, 0.717) is 17.9 Å². The molecule has 0 saturated carbocycles. The summed E-state index contributed by atoms with van der Waals surface area (Å²) in [7, 11) is 0. The van der Waals surface area contributed by atoms with Gasteiger partial charge in [0.2, 0.25) is 0 Å². The van der Waals surface area contributed by atoms with Gasteiger partial charge in [-0.25, -0.2) is 0 Å². The van der Waals surface area contributed by atoms with Gasteiger partial charge in [0.05, 0.1) is 0 Å². The number of Topliss-reactive ketones (excluding diaryl/α,β-unsaturated/α-hetero) is 1. The molecule has 0 bridgehead atoms. The lowest BCUT2D eigenvalue weighted by Crippen LogP contribution is -1.96. The molecule has 2 atom stereocenters. The van der Waals surface area contributed by atoms with Crippen LogP contribution in [0.15, 0.2) is 0 Å². The van der Waals surface area contributed by atoms with Gasteiger partial charge >= 0.3 is 0 Å². The molecule has 9 heavy (non-hydrogen) atoms. The van der Waals surface area contributed by atoms with Crippen LogP contribution in [0.5, 0.6) is 0 Å². The van der Waals surface area contributed by atoms with Crippen molar-refractivity contribution < 1.29 is 4.79 Å². The Morgan fingerprint density at radius 1 is 1.67 bits per heavy atom. The Morgan fingerprint density at radius 2 is 2.22 bits per heavy atom. The van der Waals surface area contributed by atoms with Crippen molar-refractivity contribution in [1.82, 2.24) is 5.32 Å². The van der Waals surface area contributed by atoms with Crippen LogP contribution in [-0.4, -0.2) is 17.9 Å². The first-order valence-electron chi connectivity index (χ1n) is 3.45. The smallest absolute Gasteiger partial charge is 0.129 e. The number of nitrogens with one attached hydrogen (secondary N) is 1. The Bertz CT molecular complexity index is 122. The van der Waals surface area contributed by atoms with Gasteiger partial charge in [0.15, 0.2) is 0 Å². The molecule has 0 spiro atoms. The summed E-state index contributed by atoms with van der Waals surface area (Å²) in [4.78, 5) is 10.5. The summed E-state index contributed by atoms with van der Waals surface area (Å²) in [5.41, 5.74) is 0. The molecule has 1 aliphatic heterocycles. The van der Waals surface area contributed by atoms with E-state index >= 15 is 0 Å². The summed E-state index contributed by atoms with van der Waals surface area (Å²) in [6.07, 6.45) is 1.76. The van der Waals surface area contributed by atoms with Crippen molar-refractivity contribution in [2.75, 3.05) is 0 Å². The number of ketones is 1. The molecule has 2 unspecified atom stereocenters. The van der Waals surface area contributed by atoms with E-state index in [0.717, 1.165) is 12.8 Å². The number of rotatable bonds is 3. The van der Waals surface area contributed by atoms with Gasteiger partial charge < -0.3 is 10.1 Å². The molecule has 1 N–H and O–H groups in total. The molecule has 1 rings (SSSR count). The van der Waals surface area contributed by atoms with Gasteiger partial charge in [-0.2, -0.15) is 0 Å². The van der Waals surface area contributed by atoms with Crippen LogP contribution in [0.2, 0.25) is 0 Å². The van der Waals surface area contributed by atoms with Crippen LogP contribution >= 0.6 is 0 Å². The number of hydrogen-bond donors (Lipinski definition) is 1. The van der Waals surface area contributed by atoms with Crippen LogP contribution in [0.1, 0.15) is 26.7 Å². The maximum absolute atomic E-state index is 10.5. The average Bonchev–Trinajstić information content (AvgIpc) is 2.42. The molecule has 1 aliphatic rings. The molecule has 52 valence electrons. The van der Waals surface area contributed by atoms with Crippen LogP contribution in [0, 0.1) is 0 Å². The standard InChI is InChI=1S/C7H13NO/c1-5(9)3-4-7-6(2)8-7/h6-8H,3-4H2,1-2H3. The zero-order valence-electron chi connectivity index (χ0n) is 5.98. The summed E-state index contributed by atoms with van der Waals surface area (Å²) >= 11 is 0. The van der Waals surface area contributed by atoms with E-state index in [-0.39, 0.29) is 0 Å². The summed E-state index contributed by atoms with van der Waals surface area (Å²) in [6, 6.07) is 1.29. The van der Waals surface area contributed by atoms with Gasteiger partial charge in [-0.1, -0.05) is 0 Å². The van der Waals surface area contributed by atoms with Crippen molar-refractivity contribution in [2.24, 2.45) is 0 Å². The molecule has 0 aliphatic carbocycles. The van der Waals surface area contributed by atoms with Crippen molar-refractivity contribution in [3.8, 4) is 0 Å². The maximum atomic E-state index is 10.5. The predicted octanol–water partition coefficient (Wildman–Crippen LogP) is 0.716. The van der Waals surface area contributed by atoms with Gasteiger partial charge in [-0.05, 0) is 20.3 Å². The average molecular weight is 127 g/mol. The van der Waals surface area contributed by atoms with Crippen LogP contribution in [0.3, 0.4) is 0 Å². The van der Waals surface area contributed by atoms with Gasteiger partial charge in [-0.3, -0.25) is 0 Å². The fraction of sp³-hybridized carbons (Fsp3) is 0.857. The fourth-order valence-electron chi connectivity index (χ4n) is 0.974. The van der Waals surface area contributed by atoms with Crippen molar-refractivity contribution in [1.29, 1.82) is 0 Å². The monoisotopic (exact) mass is 127 g/mol. The Morgan fingerprint density at radius 3 is 2.56 bits per heavy atom. The lowest BCUT2D eigenvalue weighted by Gasteiger charge is -1.89. The van der Waals surface area contributed by atoms with Gasteiger partial charge in [0.25, 0.3) is 0 Å². The Hall–Kier alpha value is -0.370. The van der Waals surface area contributed by atoms with E-state index in [1.807, 2.05) is 0 Å². The highest BCUT2D eigenvalue weighted by molar-refractivity contribution is 5.75. The molecule has 0 radical (unpaired) electrons. The van der Waals surface area contributed by atoms with E-state index in [4.69, 9.17) is 0 Å². The maximum Gasteiger partial charge on any atom is 0.129 e. The summed E-state index contributed by atoms with van der Waals surface area (Å²) in [5, 5.41) is 3.23. The predicted molar refractivity (Wildman–Crippen MR) is 36.3 cm³/mol. The van der Waals surface area contributed by atoms with Crippen molar-refractivity contribution in [3.05, 3.63) is 0 Å². The topological polar surface area (TPSA) is 39.0 Å². The van der Waals surface area contributed by atoms with Gasteiger partial charge in [0.1, 0.15) is 5.78 Å². The molecule has 2 nitrogen and oxygen atoms in total. The fourth-order valence-corrected chi connectivity index (χ4v) is 0.974. The van der Waals surface area contributed by atoms with Crippen molar-refractivity contribution in [2.45, 2.75) is 38.8 Å². The second kappa shape index (κ2) is 2.48. The lowest BCUT2D eigenvalue weighted by atomic mass is 10.1. The van der Waals surface area contributed by atoms with Gasteiger partial charge in [0, 0.05) is 18.5 Å². The van der Waals surface area contributed by atoms with Crippen LogP contribution < -0.4 is 5.32 Å². The molecule has 0 aromatic heterocycles. The highest BCUT2D eigenvalue weighted by atomic mass is 16.1. The van der Waals surface area contributed by atoms with E-state index in [1.165, 1.54) is 0 Å². The molecule has 1 heterocycles. The molecular formula is C7H13NO. The summed E-state index contributed by atoms with van der Waals surface area (Å²) < 4.78 is 0. The first-order valence-corrected chi connectivity index (χ1v) is 3.45. The van der Waals surface area contributed by atoms with E-state index < -0.39 is 0 Å². The van der Waals surface area contributed by atoms with Crippen molar-refractivity contribution >= 4 is 5.78 Å². The van der Waals surface area contributed by atoms with E-state index in [2.05, 4.69) is 12.2 Å². The van der Waals surface area contributed by atoms with Crippen molar-refractivity contribution in [3.63, 3.8) is 0 Å². The normalized spacial score (nSPS) is 32.2. The first-order chi connectivity index (χ1) is 4.20. The molecule has 0 aromatic rings. The molecule has 2 heteroatoms. The Kier molecular flexibility index (Phi) is 1.86. The largest absolute Gasteiger partial charge is 0.308 e. The zero-order chi connectivity index (χ0) is 6.85. The molecular weight excluding hydrogens is 114 g/mol. The zero-order valence-corrected chi connectivity index (χ0v) is 5.98. The summed E-state index contributed by atoms with van der Waals surface area (Å²) in [5.74, 6) is 0.302. The van der Waals surface area contributed by atoms with Crippen LogP contribution in [0.25, 0.3) is 0 Å². The van der Waals surface area contributed by atoms with Crippen LogP contribution in [0.4, 0.5) is 0 Å². The quantitative estimate of drug-likeness (QED) is 0.567. The Balaban J connectivity index is 2.00. The number of carbonyl (C=O) groups is 1. The minimum absolute atomic E-state index is 0.302. The third kappa shape index (κ3) is 2.14. The van der Waals surface area contributed by atoms with Gasteiger partial charge in [-0.15, -0.1) is 0 Å². The van der Waals surface area contributed by atoms with Crippen LogP contribution in [-0.2, 0) is 4.79 Å². The number of hydrogen-bond acceptors (Lipinski definition) is 2. The Labute approximate surface area is 55.6 Å². The second-order valence-electron chi connectivity index (χ2n) is 2.80. The minimum Gasteiger partial charge on any atom is -0.308 e. The highest BCUT2D eigenvalue weighted by Crippen LogP contribution is 2.15. The lowest BCUT2D eigenvalue weighted by molar-refractivity contribution is -0.117. The van der Waals surface area contributed by atoms with E-state index in [9.17, 15) is 4.79 Å². The molecule has 1 fully saturated rings. The molecule has 0 aromatic carbocycles. The third-order valence-corrected chi connectivity index (χ3v) is 1.78. The molecule has 0 amide bonds. The highest BCUT2D eigenvalue weighted by Gasteiger charge is 2.30.